The minimum atomic E-state index is -0.366. The van der Waals surface area contributed by atoms with E-state index in [4.69, 9.17) is 0 Å². The number of nitrogens with zero attached hydrogens (tertiary/aromatic N) is 4. The van der Waals surface area contributed by atoms with Crippen LogP contribution in [0.5, 0.6) is 0 Å². The molecule has 1 unspecified atom stereocenters. The van der Waals surface area contributed by atoms with Crippen molar-refractivity contribution >= 4 is 17.3 Å². The van der Waals surface area contributed by atoms with Crippen LogP contribution in [0.15, 0.2) is 48.5 Å². The average molecular weight is 400 g/mol. The van der Waals surface area contributed by atoms with Crippen molar-refractivity contribution in [2.24, 2.45) is 0 Å². The van der Waals surface area contributed by atoms with Crippen LogP contribution in [-0.2, 0) is 11.3 Å². The second kappa shape index (κ2) is 9.00. The molecule has 0 aromatic heterocycles. The molecule has 1 amide bonds. The Bertz CT molecular complexity index is 884. The van der Waals surface area contributed by atoms with Gasteiger partial charge in [0.05, 0.1) is 11.0 Å². The molecule has 0 bridgehead atoms. The van der Waals surface area contributed by atoms with Crippen LogP contribution in [0.2, 0.25) is 0 Å². The van der Waals surface area contributed by atoms with Crippen molar-refractivity contribution in [1.29, 1.82) is 0 Å². The van der Waals surface area contributed by atoms with Crippen molar-refractivity contribution in [2.75, 3.05) is 38.1 Å². The Hall–Kier alpha value is -3.00. The first-order chi connectivity index (χ1) is 13.9. The van der Waals surface area contributed by atoms with E-state index in [1.165, 1.54) is 18.2 Å². The van der Waals surface area contributed by atoms with Crippen molar-refractivity contribution in [3.8, 4) is 0 Å². The maximum atomic E-state index is 13.4. The number of hydrogen-bond acceptors (Lipinski definition) is 5. The largest absolute Gasteiger partial charge is 0.363 e. The minimum Gasteiger partial charge on any atom is -0.363 e. The van der Waals surface area contributed by atoms with Crippen LogP contribution in [0.4, 0.5) is 15.8 Å². The van der Waals surface area contributed by atoms with Crippen LogP contribution >= 0.6 is 0 Å². The van der Waals surface area contributed by atoms with Gasteiger partial charge in [0.25, 0.3) is 5.69 Å². The normalized spacial score (nSPS) is 15.8. The number of benzene rings is 2. The molecule has 1 aliphatic heterocycles. The fourth-order valence-electron chi connectivity index (χ4n) is 3.70. The van der Waals surface area contributed by atoms with Gasteiger partial charge < -0.3 is 9.80 Å². The van der Waals surface area contributed by atoms with Gasteiger partial charge in [-0.1, -0.05) is 24.3 Å². The minimum absolute atomic E-state index is 0.0339. The third-order valence-electron chi connectivity index (χ3n) is 5.32. The summed E-state index contributed by atoms with van der Waals surface area (Å²) < 4.78 is 13.4. The van der Waals surface area contributed by atoms with Gasteiger partial charge in [0.15, 0.2) is 0 Å². The van der Waals surface area contributed by atoms with E-state index in [1.54, 1.807) is 42.3 Å². The van der Waals surface area contributed by atoms with E-state index in [1.807, 2.05) is 11.8 Å². The van der Waals surface area contributed by atoms with E-state index in [0.29, 0.717) is 38.4 Å². The van der Waals surface area contributed by atoms with Crippen LogP contribution in [-0.4, -0.2) is 59.9 Å². The van der Waals surface area contributed by atoms with Gasteiger partial charge in [0, 0.05) is 45.8 Å². The average Bonchev–Trinajstić information content (AvgIpc) is 2.72. The fourth-order valence-corrected chi connectivity index (χ4v) is 3.70. The van der Waals surface area contributed by atoms with Gasteiger partial charge in [-0.3, -0.25) is 19.8 Å². The van der Waals surface area contributed by atoms with Crippen LogP contribution in [0.1, 0.15) is 12.5 Å². The second-order valence-electron chi connectivity index (χ2n) is 7.27. The lowest BCUT2D eigenvalue weighted by atomic mass is 10.1. The number of para-hydroxylation sites is 2. The molecule has 0 radical (unpaired) electrons. The summed E-state index contributed by atoms with van der Waals surface area (Å²) >= 11 is 0. The van der Waals surface area contributed by atoms with Crippen molar-refractivity contribution in [1.82, 2.24) is 9.80 Å². The number of amides is 1. The van der Waals surface area contributed by atoms with Gasteiger partial charge in [-0.25, -0.2) is 4.39 Å². The molecule has 0 aliphatic carbocycles. The molecule has 7 nitrogen and oxygen atoms in total. The third-order valence-corrected chi connectivity index (χ3v) is 5.32. The number of piperazine rings is 1. The standard InChI is InChI=1S/C21H25FN4O3/c1-16(21(27)23(2)15-17-6-5-7-18(22)14-17)24-10-12-25(13-11-24)19-8-3-4-9-20(19)26(28)29/h3-9,14,16H,10-13,15H2,1-2H3. The molecule has 2 aromatic rings. The predicted molar refractivity (Wildman–Crippen MR) is 109 cm³/mol. The van der Waals surface area contributed by atoms with Gasteiger partial charge >= 0.3 is 0 Å². The smallest absolute Gasteiger partial charge is 0.292 e. The summed E-state index contributed by atoms with van der Waals surface area (Å²) in [6.07, 6.45) is 0. The van der Waals surface area contributed by atoms with Crippen LogP contribution in [0.3, 0.4) is 0 Å². The Balaban J connectivity index is 1.59. The van der Waals surface area contributed by atoms with Crippen molar-refractivity contribution in [3.05, 3.63) is 70.0 Å². The zero-order valence-corrected chi connectivity index (χ0v) is 16.6. The highest BCUT2D eigenvalue weighted by Gasteiger charge is 2.29. The van der Waals surface area contributed by atoms with E-state index in [-0.39, 0.29) is 28.4 Å². The highest BCUT2D eigenvalue weighted by Crippen LogP contribution is 2.28. The van der Waals surface area contributed by atoms with E-state index in [2.05, 4.69) is 4.90 Å². The molecule has 0 spiro atoms. The number of rotatable bonds is 6. The summed E-state index contributed by atoms with van der Waals surface area (Å²) in [7, 11) is 1.72. The number of halogens is 1. The molecule has 3 rings (SSSR count). The molecule has 2 aromatic carbocycles. The third kappa shape index (κ3) is 4.89. The van der Waals surface area contributed by atoms with Crippen molar-refractivity contribution in [2.45, 2.75) is 19.5 Å². The zero-order chi connectivity index (χ0) is 21.0. The van der Waals surface area contributed by atoms with E-state index in [0.717, 1.165) is 5.56 Å². The first kappa shape index (κ1) is 20.7. The lowest BCUT2D eigenvalue weighted by molar-refractivity contribution is -0.384. The van der Waals surface area contributed by atoms with Crippen molar-refractivity contribution in [3.63, 3.8) is 0 Å². The zero-order valence-electron chi connectivity index (χ0n) is 16.6. The molecule has 154 valence electrons. The number of anilines is 1. The Morgan fingerprint density at radius 2 is 1.86 bits per heavy atom. The van der Waals surface area contributed by atoms with Crippen LogP contribution in [0, 0.1) is 15.9 Å². The molecule has 1 fully saturated rings. The fraction of sp³-hybridized carbons (Fsp3) is 0.381. The summed E-state index contributed by atoms with van der Waals surface area (Å²) in [5, 5.41) is 11.3. The predicted octanol–water partition coefficient (Wildman–Crippen LogP) is 2.90. The highest BCUT2D eigenvalue weighted by molar-refractivity contribution is 5.81. The first-order valence-electron chi connectivity index (χ1n) is 9.58. The molecule has 29 heavy (non-hydrogen) atoms. The summed E-state index contributed by atoms with van der Waals surface area (Å²) in [6, 6.07) is 12.6. The van der Waals surface area contributed by atoms with Crippen LogP contribution < -0.4 is 4.90 Å². The van der Waals surface area contributed by atoms with Gasteiger partial charge in [0.1, 0.15) is 11.5 Å². The summed E-state index contributed by atoms with van der Waals surface area (Å²) in [6.45, 7) is 4.69. The molecular formula is C21H25FN4O3. The number of likely N-dealkylation sites (N-methyl/N-ethyl adjacent to an activating group) is 1. The SMILES string of the molecule is CC(C(=O)N(C)Cc1cccc(F)c1)N1CCN(c2ccccc2[N+](=O)[O-])CC1. The topological polar surface area (TPSA) is 69.9 Å². The lowest BCUT2D eigenvalue weighted by Gasteiger charge is -2.39. The molecule has 0 N–H and O–H groups in total. The van der Waals surface area contributed by atoms with E-state index in [9.17, 15) is 19.3 Å². The quantitative estimate of drug-likeness (QED) is 0.551. The Morgan fingerprint density at radius 3 is 2.52 bits per heavy atom. The molecule has 8 heteroatoms. The van der Waals surface area contributed by atoms with Crippen LogP contribution in [0.25, 0.3) is 0 Å². The molecule has 1 heterocycles. The maximum Gasteiger partial charge on any atom is 0.292 e. The first-order valence-corrected chi connectivity index (χ1v) is 9.58. The molecule has 0 saturated carbocycles. The number of carbonyl (C=O) groups excluding carboxylic acids is 1. The van der Waals surface area contributed by atoms with Crippen molar-refractivity contribution < 1.29 is 14.1 Å². The van der Waals surface area contributed by atoms with Gasteiger partial charge in [-0.05, 0) is 30.7 Å². The summed E-state index contributed by atoms with van der Waals surface area (Å²) in [5.74, 6) is -0.351. The number of nitro benzene ring substituents is 1. The monoisotopic (exact) mass is 400 g/mol. The Morgan fingerprint density at radius 1 is 1.17 bits per heavy atom. The Kier molecular flexibility index (Phi) is 6.43. The number of nitro groups is 1. The molecule has 1 aliphatic rings. The lowest BCUT2D eigenvalue weighted by Crippen LogP contribution is -2.54. The van der Waals surface area contributed by atoms with Gasteiger partial charge in [-0.2, -0.15) is 0 Å². The highest BCUT2D eigenvalue weighted by atomic mass is 19.1. The van der Waals surface area contributed by atoms with E-state index >= 15 is 0 Å². The number of hydrogen-bond donors (Lipinski definition) is 0. The number of carbonyl (C=O) groups is 1. The van der Waals surface area contributed by atoms with E-state index < -0.39 is 0 Å². The summed E-state index contributed by atoms with van der Waals surface area (Å²) in [4.78, 5) is 29.4. The molecule has 1 saturated heterocycles. The Labute approximate surface area is 169 Å². The second-order valence-corrected chi connectivity index (χ2v) is 7.27. The summed E-state index contributed by atoms with van der Waals surface area (Å²) in [5.41, 5.74) is 1.45. The van der Waals surface area contributed by atoms with Gasteiger partial charge in [0.2, 0.25) is 5.91 Å². The molecular weight excluding hydrogens is 375 g/mol. The maximum absolute atomic E-state index is 13.4. The molecule has 1 atom stereocenters. The van der Waals surface area contributed by atoms with Gasteiger partial charge in [-0.15, -0.1) is 0 Å².